The van der Waals surface area contributed by atoms with Crippen LogP contribution in [0, 0.1) is 21.4 Å². The Morgan fingerprint density at radius 2 is 2.07 bits per heavy atom. The summed E-state index contributed by atoms with van der Waals surface area (Å²) in [7, 11) is -4.53. The molecule has 0 aliphatic rings. The van der Waals surface area contributed by atoms with Gasteiger partial charge in [-0.2, -0.15) is 13.7 Å². The van der Waals surface area contributed by atoms with Crippen molar-refractivity contribution in [2.45, 2.75) is 4.90 Å². The van der Waals surface area contributed by atoms with E-state index < -0.39 is 31.2 Å². The van der Waals surface area contributed by atoms with Crippen LogP contribution in [0.4, 0.5) is 5.69 Å². The van der Waals surface area contributed by atoms with Gasteiger partial charge in [-0.3, -0.25) is 14.7 Å². The second-order valence-corrected chi connectivity index (χ2v) is 3.91. The van der Waals surface area contributed by atoms with Gasteiger partial charge in [-0.15, -0.1) is 0 Å². The van der Waals surface area contributed by atoms with Crippen LogP contribution in [0.5, 0.6) is 0 Å². The number of benzene rings is 1. The summed E-state index contributed by atoms with van der Waals surface area (Å²) in [4.78, 5) is 8.90. The van der Waals surface area contributed by atoms with Gasteiger partial charge in [0.05, 0.1) is 10.5 Å². The smallest absolute Gasteiger partial charge is 0.282 e. The van der Waals surface area contributed by atoms with Gasteiger partial charge in [0.1, 0.15) is 11.0 Å². The molecule has 0 radical (unpaired) electrons. The number of hydrogen-bond donors (Lipinski definition) is 1. The third-order valence-electron chi connectivity index (χ3n) is 1.57. The average molecular weight is 228 g/mol. The molecule has 0 bridgehead atoms. The summed E-state index contributed by atoms with van der Waals surface area (Å²) in [5, 5.41) is 18.9. The Labute approximate surface area is 84.5 Å². The highest BCUT2D eigenvalue weighted by atomic mass is 32.2. The predicted octanol–water partition coefficient (Wildman–Crippen LogP) is 0.713. The number of nitrogens with zero attached hydrogens (tertiary/aromatic N) is 2. The Kier molecular flexibility index (Phi) is 2.69. The summed E-state index contributed by atoms with van der Waals surface area (Å²) in [5.41, 5.74) is -0.884. The van der Waals surface area contributed by atoms with E-state index in [4.69, 9.17) is 9.81 Å². The molecule has 0 atom stereocenters. The topological polar surface area (TPSA) is 121 Å². The van der Waals surface area contributed by atoms with E-state index in [1.165, 1.54) is 6.07 Å². The fraction of sp³-hybridized carbons (Fsp3) is 0. The zero-order valence-electron chi connectivity index (χ0n) is 7.11. The molecule has 0 saturated carbocycles. The van der Waals surface area contributed by atoms with Crippen molar-refractivity contribution >= 4 is 15.8 Å². The van der Waals surface area contributed by atoms with Gasteiger partial charge in [0.25, 0.3) is 15.8 Å². The standard InChI is InChI=1S/C7H4N2O5S/c8-4-5-3-6(9(10)11)1-2-7(5)15(12,13)14/h1-3H,(H,12,13,14). The van der Waals surface area contributed by atoms with Crippen molar-refractivity contribution in [2.75, 3.05) is 0 Å². The molecular weight excluding hydrogens is 224 g/mol. The quantitative estimate of drug-likeness (QED) is 0.452. The molecule has 15 heavy (non-hydrogen) atoms. The Balaban J connectivity index is 3.49. The molecule has 0 saturated heterocycles. The van der Waals surface area contributed by atoms with Crippen LogP contribution in [0.1, 0.15) is 5.56 Å². The number of rotatable bonds is 2. The highest BCUT2D eigenvalue weighted by Gasteiger charge is 2.18. The molecule has 0 aliphatic carbocycles. The van der Waals surface area contributed by atoms with Crippen LogP contribution in [0.2, 0.25) is 0 Å². The van der Waals surface area contributed by atoms with E-state index in [9.17, 15) is 18.5 Å². The molecule has 0 spiro atoms. The molecule has 1 rings (SSSR count). The second-order valence-electron chi connectivity index (χ2n) is 2.52. The number of nitro benzene ring substituents is 1. The number of non-ortho nitro benzene ring substituents is 1. The van der Waals surface area contributed by atoms with E-state index in [2.05, 4.69) is 0 Å². The summed E-state index contributed by atoms with van der Waals surface area (Å²) >= 11 is 0. The molecule has 0 aromatic heterocycles. The molecule has 1 aromatic carbocycles. The third kappa shape index (κ3) is 2.28. The summed E-state index contributed by atoms with van der Waals surface area (Å²) < 4.78 is 30.1. The van der Waals surface area contributed by atoms with E-state index >= 15 is 0 Å². The molecule has 8 heteroatoms. The maximum atomic E-state index is 10.7. The minimum absolute atomic E-state index is 0.418. The average Bonchev–Trinajstić information content (AvgIpc) is 2.15. The number of hydrogen-bond acceptors (Lipinski definition) is 5. The number of nitriles is 1. The molecule has 0 fully saturated rings. The van der Waals surface area contributed by atoms with Crippen LogP contribution >= 0.6 is 0 Å². The maximum Gasteiger partial charge on any atom is 0.295 e. The van der Waals surface area contributed by atoms with Crippen molar-refractivity contribution in [1.82, 2.24) is 0 Å². The lowest BCUT2D eigenvalue weighted by Crippen LogP contribution is -2.02. The van der Waals surface area contributed by atoms with Crippen LogP contribution in [0.3, 0.4) is 0 Å². The monoisotopic (exact) mass is 228 g/mol. The SMILES string of the molecule is N#Cc1cc([N+](=O)[O-])ccc1S(=O)(=O)O. The Hall–Kier alpha value is -1.98. The zero-order chi connectivity index (χ0) is 11.6. The Morgan fingerprint density at radius 1 is 1.47 bits per heavy atom. The van der Waals surface area contributed by atoms with Crippen molar-refractivity contribution in [1.29, 1.82) is 5.26 Å². The Bertz CT molecular complexity index is 557. The summed E-state index contributed by atoms with van der Waals surface area (Å²) in [6, 6.07) is 3.94. The zero-order valence-corrected chi connectivity index (χ0v) is 7.93. The van der Waals surface area contributed by atoms with Gasteiger partial charge in [-0.05, 0) is 6.07 Å². The number of nitro groups is 1. The van der Waals surface area contributed by atoms with Gasteiger partial charge in [0.2, 0.25) is 0 Å². The lowest BCUT2D eigenvalue weighted by Gasteiger charge is -1.99. The first-order valence-corrected chi connectivity index (χ1v) is 4.96. The molecule has 0 amide bonds. The lowest BCUT2D eigenvalue weighted by atomic mass is 10.2. The van der Waals surface area contributed by atoms with E-state index in [1.54, 1.807) is 0 Å². The van der Waals surface area contributed by atoms with Gasteiger partial charge in [-0.25, -0.2) is 0 Å². The molecule has 0 heterocycles. The van der Waals surface area contributed by atoms with E-state index in [0.717, 1.165) is 18.2 Å². The van der Waals surface area contributed by atoms with Gasteiger partial charge >= 0.3 is 0 Å². The summed E-state index contributed by atoms with van der Waals surface area (Å²) in [6.07, 6.45) is 0. The lowest BCUT2D eigenvalue weighted by molar-refractivity contribution is -0.384. The van der Waals surface area contributed by atoms with Gasteiger partial charge in [0.15, 0.2) is 0 Å². The van der Waals surface area contributed by atoms with Crippen LogP contribution in [0.25, 0.3) is 0 Å². The van der Waals surface area contributed by atoms with Crippen LogP contribution in [0.15, 0.2) is 23.1 Å². The van der Waals surface area contributed by atoms with E-state index in [0.29, 0.717) is 0 Å². The summed E-state index contributed by atoms with van der Waals surface area (Å²) in [6.45, 7) is 0. The first-order valence-electron chi connectivity index (χ1n) is 3.52. The second kappa shape index (κ2) is 3.64. The minimum Gasteiger partial charge on any atom is -0.282 e. The fourth-order valence-electron chi connectivity index (χ4n) is 0.944. The molecule has 7 nitrogen and oxygen atoms in total. The molecule has 1 N–H and O–H groups in total. The highest BCUT2D eigenvalue weighted by Crippen LogP contribution is 2.20. The summed E-state index contributed by atoms with van der Waals surface area (Å²) in [5.74, 6) is 0. The predicted molar refractivity (Wildman–Crippen MR) is 47.6 cm³/mol. The largest absolute Gasteiger partial charge is 0.295 e. The molecule has 1 aromatic rings. The van der Waals surface area contributed by atoms with Gasteiger partial charge in [-0.1, -0.05) is 0 Å². The minimum atomic E-state index is -4.53. The normalized spacial score (nSPS) is 10.7. The molecular formula is C7H4N2O5S. The van der Waals surface area contributed by atoms with Crippen LogP contribution in [-0.4, -0.2) is 17.9 Å². The van der Waals surface area contributed by atoms with Crippen molar-refractivity contribution in [3.05, 3.63) is 33.9 Å². The first kappa shape index (κ1) is 11.1. The highest BCUT2D eigenvalue weighted by molar-refractivity contribution is 7.85. The van der Waals surface area contributed by atoms with Crippen LogP contribution in [-0.2, 0) is 10.1 Å². The first-order chi connectivity index (χ1) is 6.86. The van der Waals surface area contributed by atoms with E-state index in [-0.39, 0.29) is 0 Å². The van der Waals surface area contributed by atoms with Gasteiger partial charge < -0.3 is 0 Å². The molecule has 0 unspecified atom stereocenters. The van der Waals surface area contributed by atoms with Crippen molar-refractivity contribution < 1.29 is 17.9 Å². The van der Waals surface area contributed by atoms with Crippen LogP contribution < -0.4 is 0 Å². The van der Waals surface area contributed by atoms with Crippen molar-refractivity contribution in [3.8, 4) is 6.07 Å². The molecule has 78 valence electrons. The van der Waals surface area contributed by atoms with Crippen molar-refractivity contribution in [2.24, 2.45) is 0 Å². The maximum absolute atomic E-state index is 10.7. The van der Waals surface area contributed by atoms with Gasteiger partial charge in [0, 0.05) is 12.1 Å². The van der Waals surface area contributed by atoms with Crippen molar-refractivity contribution in [3.63, 3.8) is 0 Å². The third-order valence-corrected chi connectivity index (χ3v) is 2.48. The molecule has 0 aliphatic heterocycles. The fourth-order valence-corrected chi connectivity index (χ4v) is 1.57. The Morgan fingerprint density at radius 3 is 2.47 bits per heavy atom. The van der Waals surface area contributed by atoms with E-state index in [1.807, 2.05) is 0 Å².